The number of aromatic nitrogens is 4. The second-order valence-corrected chi connectivity index (χ2v) is 7.38. The van der Waals surface area contributed by atoms with Crippen molar-refractivity contribution in [2.75, 3.05) is 5.32 Å². The van der Waals surface area contributed by atoms with Gasteiger partial charge in [-0.25, -0.2) is 19.0 Å². The average Bonchev–Trinajstić information content (AvgIpc) is 3.23. The van der Waals surface area contributed by atoms with Crippen molar-refractivity contribution in [1.29, 1.82) is 0 Å². The lowest BCUT2D eigenvalue weighted by atomic mass is 10.2. The highest BCUT2D eigenvalue weighted by Crippen LogP contribution is 2.26. The molecule has 0 fully saturated rings. The third kappa shape index (κ3) is 4.72. The van der Waals surface area contributed by atoms with Crippen molar-refractivity contribution in [3.8, 4) is 28.4 Å². The van der Waals surface area contributed by atoms with Gasteiger partial charge in [0.2, 0.25) is 5.95 Å². The molecule has 0 aliphatic heterocycles. The minimum absolute atomic E-state index is 0.283. The highest BCUT2D eigenvalue weighted by atomic mass is 19.1. The molecular weight excluding hydrogens is 417 g/mol. The molecule has 0 spiro atoms. The average molecular weight is 437 g/mol. The van der Waals surface area contributed by atoms with Gasteiger partial charge >= 0.3 is 0 Å². The fourth-order valence-corrected chi connectivity index (χ4v) is 3.37. The third-order valence-corrected chi connectivity index (χ3v) is 5.01. The number of hydrogen-bond donors (Lipinski definition) is 1. The van der Waals surface area contributed by atoms with E-state index >= 15 is 0 Å². The largest absolute Gasteiger partial charge is 0.457 e. The van der Waals surface area contributed by atoms with Crippen molar-refractivity contribution in [1.82, 2.24) is 19.7 Å². The molecule has 5 rings (SSSR count). The summed E-state index contributed by atoms with van der Waals surface area (Å²) in [6.07, 6.45) is 3.58. The number of ether oxygens (including phenoxy) is 1. The van der Waals surface area contributed by atoms with Crippen LogP contribution < -0.4 is 10.1 Å². The maximum Gasteiger partial charge on any atom is 0.227 e. The number of rotatable bonds is 6. The van der Waals surface area contributed by atoms with Crippen LogP contribution in [0.25, 0.3) is 16.9 Å². The molecule has 6 nitrogen and oxygen atoms in total. The molecule has 0 saturated heterocycles. The number of hydrogen-bond acceptors (Lipinski definition) is 5. The van der Waals surface area contributed by atoms with Crippen LogP contribution in [-0.2, 0) is 0 Å². The number of nitrogens with one attached hydrogen (secondary N) is 1. The van der Waals surface area contributed by atoms with E-state index in [1.807, 2.05) is 73.8 Å². The second-order valence-electron chi connectivity index (χ2n) is 7.38. The summed E-state index contributed by atoms with van der Waals surface area (Å²) in [5, 5.41) is 7.77. The van der Waals surface area contributed by atoms with E-state index in [-0.39, 0.29) is 5.82 Å². The number of nitrogens with zero attached hydrogens (tertiary/aromatic N) is 4. The Hall–Kier alpha value is -4.52. The summed E-state index contributed by atoms with van der Waals surface area (Å²) in [6, 6.07) is 25.2. The van der Waals surface area contributed by atoms with Crippen LogP contribution in [0.5, 0.6) is 11.5 Å². The molecule has 0 amide bonds. The van der Waals surface area contributed by atoms with E-state index in [0.29, 0.717) is 5.95 Å². The molecule has 162 valence electrons. The molecule has 2 aromatic heterocycles. The van der Waals surface area contributed by atoms with E-state index in [0.717, 1.165) is 39.8 Å². The van der Waals surface area contributed by atoms with Crippen molar-refractivity contribution >= 4 is 11.6 Å². The number of aryl methyl sites for hydroxylation is 1. The molecule has 0 unspecified atom stereocenters. The molecular formula is C26H20FN5O. The number of benzene rings is 3. The molecule has 2 heterocycles. The topological polar surface area (TPSA) is 64.9 Å². The summed E-state index contributed by atoms with van der Waals surface area (Å²) in [7, 11) is 0. The Labute approximate surface area is 190 Å². The van der Waals surface area contributed by atoms with Gasteiger partial charge in [0.1, 0.15) is 17.3 Å². The first kappa shape index (κ1) is 20.4. The summed E-state index contributed by atoms with van der Waals surface area (Å²) >= 11 is 0. The van der Waals surface area contributed by atoms with Gasteiger partial charge in [0.05, 0.1) is 17.1 Å². The summed E-state index contributed by atoms with van der Waals surface area (Å²) in [6.45, 7) is 1.91. The van der Waals surface area contributed by atoms with Gasteiger partial charge in [-0.15, -0.1) is 0 Å². The van der Waals surface area contributed by atoms with E-state index in [4.69, 9.17) is 4.74 Å². The van der Waals surface area contributed by atoms with Crippen LogP contribution in [0, 0.1) is 12.7 Å². The Morgan fingerprint density at radius 1 is 0.848 bits per heavy atom. The third-order valence-electron chi connectivity index (χ3n) is 5.01. The molecule has 3 aromatic carbocycles. The molecule has 0 atom stereocenters. The molecule has 0 radical (unpaired) electrons. The fourth-order valence-electron chi connectivity index (χ4n) is 3.37. The van der Waals surface area contributed by atoms with Crippen LogP contribution in [0.3, 0.4) is 0 Å². The van der Waals surface area contributed by atoms with Gasteiger partial charge in [0.25, 0.3) is 0 Å². The van der Waals surface area contributed by atoms with Gasteiger partial charge in [-0.3, -0.25) is 0 Å². The lowest BCUT2D eigenvalue weighted by Gasteiger charge is -2.08. The molecule has 7 heteroatoms. The van der Waals surface area contributed by atoms with Crippen molar-refractivity contribution in [3.05, 3.63) is 109 Å². The molecule has 0 aliphatic carbocycles. The smallest absolute Gasteiger partial charge is 0.227 e. The molecule has 0 saturated carbocycles. The van der Waals surface area contributed by atoms with Gasteiger partial charge in [0, 0.05) is 23.6 Å². The maximum atomic E-state index is 13.2. The Morgan fingerprint density at radius 3 is 2.33 bits per heavy atom. The highest BCUT2D eigenvalue weighted by Gasteiger charge is 2.11. The quantitative estimate of drug-likeness (QED) is 0.337. The van der Waals surface area contributed by atoms with Crippen LogP contribution in [0.2, 0.25) is 0 Å². The van der Waals surface area contributed by atoms with E-state index < -0.39 is 0 Å². The van der Waals surface area contributed by atoms with Crippen molar-refractivity contribution in [2.24, 2.45) is 0 Å². The first-order valence-corrected chi connectivity index (χ1v) is 10.4. The van der Waals surface area contributed by atoms with Crippen LogP contribution in [0.15, 0.2) is 97.3 Å². The minimum Gasteiger partial charge on any atom is -0.457 e. The van der Waals surface area contributed by atoms with Gasteiger partial charge in [-0.1, -0.05) is 18.2 Å². The van der Waals surface area contributed by atoms with Gasteiger partial charge in [-0.2, -0.15) is 5.10 Å². The second kappa shape index (κ2) is 8.92. The van der Waals surface area contributed by atoms with Crippen LogP contribution in [0.1, 0.15) is 5.69 Å². The minimum atomic E-state index is -0.283. The van der Waals surface area contributed by atoms with Gasteiger partial charge in [-0.05, 0) is 73.7 Å². The van der Waals surface area contributed by atoms with E-state index in [1.165, 1.54) is 12.1 Å². The van der Waals surface area contributed by atoms with Crippen molar-refractivity contribution in [2.45, 2.75) is 6.92 Å². The van der Waals surface area contributed by atoms with Gasteiger partial charge < -0.3 is 10.1 Å². The lowest BCUT2D eigenvalue weighted by molar-refractivity contribution is 0.483. The first-order chi connectivity index (χ1) is 16.1. The van der Waals surface area contributed by atoms with Crippen LogP contribution in [-0.4, -0.2) is 19.7 Å². The van der Waals surface area contributed by atoms with E-state index in [9.17, 15) is 4.39 Å². The Bertz CT molecular complexity index is 1370. The molecule has 0 bridgehead atoms. The molecule has 5 aromatic rings. The Morgan fingerprint density at radius 2 is 1.58 bits per heavy atom. The zero-order chi connectivity index (χ0) is 22.6. The molecule has 1 N–H and O–H groups in total. The lowest BCUT2D eigenvalue weighted by Crippen LogP contribution is -1.98. The SMILES string of the molecule is Cc1nn(-c2ccc(F)cc2)cc1-c1ccnc(Nc2ccc(Oc3ccccc3)cc2)n1. The maximum absolute atomic E-state index is 13.2. The van der Waals surface area contributed by atoms with Gasteiger partial charge in [0.15, 0.2) is 0 Å². The summed E-state index contributed by atoms with van der Waals surface area (Å²) in [4.78, 5) is 8.98. The number of para-hydroxylation sites is 1. The molecule has 33 heavy (non-hydrogen) atoms. The van der Waals surface area contributed by atoms with Crippen LogP contribution in [0.4, 0.5) is 16.0 Å². The first-order valence-electron chi connectivity index (χ1n) is 10.4. The highest BCUT2D eigenvalue weighted by molar-refractivity contribution is 5.64. The summed E-state index contributed by atoms with van der Waals surface area (Å²) < 4.78 is 20.8. The predicted octanol–water partition coefficient (Wildman–Crippen LogP) is 6.31. The monoisotopic (exact) mass is 437 g/mol. The number of halogens is 1. The van der Waals surface area contributed by atoms with E-state index in [1.54, 1.807) is 23.0 Å². The van der Waals surface area contributed by atoms with Crippen LogP contribution >= 0.6 is 0 Å². The normalized spacial score (nSPS) is 10.7. The molecule has 0 aliphatic rings. The van der Waals surface area contributed by atoms with E-state index in [2.05, 4.69) is 20.4 Å². The Balaban J connectivity index is 1.33. The number of anilines is 2. The zero-order valence-corrected chi connectivity index (χ0v) is 17.8. The summed E-state index contributed by atoms with van der Waals surface area (Å²) in [5.74, 6) is 1.71. The standard InChI is InChI=1S/C26H20FN5O/c1-18-24(17-32(31-18)21-11-7-19(27)8-12-21)25-15-16-28-26(30-25)29-20-9-13-23(14-10-20)33-22-5-3-2-4-6-22/h2-17H,1H3,(H,28,29,30). The van der Waals surface area contributed by atoms with Crippen molar-refractivity contribution in [3.63, 3.8) is 0 Å². The Kier molecular flexibility index (Phi) is 5.51. The predicted molar refractivity (Wildman–Crippen MR) is 126 cm³/mol. The zero-order valence-electron chi connectivity index (χ0n) is 17.8. The van der Waals surface area contributed by atoms with Crippen molar-refractivity contribution < 1.29 is 9.13 Å². The summed E-state index contributed by atoms with van der Waals surface area (Å²) in [5.41, 5.74) is 4.03. The fraction of sp³-hybridized carbons (Fsp3) is 0.0385.